The number of hydrogen-bond donors (Lipinski definition) is 0. The maximum atomic E-state index is 6.55. The summed E-state index contributed by atoms with van der Waals surface area (Å²) in [5.41, 5.74) is 13.3. The van der Waals surface area contributed by atoms with Gasteiger partial charge in [-0.3, -0.25) is 0 Å². The second kappa shape index (κ2) is 11.5. The molecule has 1 aliphatic carbocycles. The summed E-state index contributed by atoms with van der Waals surface area (Å²) in [5, 5.41) is 7.08. The number of hydrogen-bond acceptors (Lipinski definition) is 2. The predicted octanol–water partition coefficient (Wildman–Crippen LogP) is 14.1. The van der Waals surface area contributed by atoms with Crippen molar-refractivity contribution >= 4 is 60.5 Å². The fourth-order valence-corrected chi connectivity index (χ4v) is 9.01. The van der Waals surface area contributed by atoms with Gasteiger partial charge in [-0.1, -0.05) is 135 Å². The van der Waals surface area contributed by atoms with E-state index in [9.17, 15) is 0 Å². The van der Waals surface area contributed by atoms with E-state index in [-0.39, 0.29) is 5.41 Å². The third kappa shape index (κ3) is 4.36. The van der Waals surface area contributed by atoms with Gasteiger partial charge >= 0.3 is 0 Å². The highest BCUT2D eigenvalue weighted by Crippen LogP contribution is 2.54. The van der Waals surface area contributed by atoms with Crippen LogP contribution in [0.2, 0.25) is 0 Å². The summed E-state index contributed by atoms with van der Waals surface area (Å²) in [6, 6.07) is 60.0. The maximum Gasteiger partial charge on any atom is 0.143 e. The molecule has 1 aromatic heterocycles. The molecule has 0 fully saturated rings. The molecule has 8 aromatic carbocycles. The van der Waals surface area contributed by atoms with Crippen molar-refractivity contribution in [3.63, 3.8) is 0 Å². The molecule has 2 nitrogen and oxygen atoms in total. The van der Waals surface area contributed by atoms with Gasteiger partial charge in [0, 0.05) is 38.3 Å². The van der Waals surface area contributed by atoms with Gasteiger partial charge in [-0.2, -0.15) is 0 Å². The van der Waals surface area contributed by atoms with E-state index < -0.39 is 0 Å². The van der Waals surface area contributed by atoms with Gasteiger partial charge in [-0.25, -0.2) is 0 Å². The number of rotatable bonds is 6. The molecule has 244 valence electrons. The van der Waals surface area contributed by atoms with Crippen molar-refractivity contribution in [3.05, 3.63) is 175 Å². The Morgan fingerprint density at radius 2 is 1.10 bits per heavy atom. The predicted molar refractivity (Wildman–Crippen MR) is 216 cm³/mol. The van der Waals surface area contributed by atoms with Crippen molar-refractivity contribution in [2.45, 2.75) is 32.1 Å². The van der Waals surface area contributed by atoms with Crippen molar-refractivity contribution in [2.24, 2.45) is 0 Å². The Balaban J connectivity index is 1.20. The van der Waals surface area contributed by atoms with Gasteiger partial charge in [0.25, 0.3) is 0 Å². The molecule has 0 amide bonds. The minimum absolute atomic E-state index is 0.0228. The molecule has 1 heterocycles. The molecule has 0 aliphatic heterocycles. The Bertz CT molecular complexity index is 2780. The first-order chi connectivity index (χ1) is 25.2. The zero-order valence-corrected chi connectivity index (χ0v) is 28.9. The van der Waals surface area contributed by atoms with Crippen LogP contribution in [0.4, 0.5) is 17.1 Å². The van der Waals surface area contributed by atoms with Gasteiger partial charge in [0.15, 0.2) is 0 Å². The van der Waals surface area contributed by atoms with E-state index in [2.05, 4.69) is 176 Å². The summed E-state index contributed by atoms with van der Waals surface area (Å²) in [6.07, 6.45) is 2.10. The van der Waals surface area contributed by atoms with Crippen LogP contribution in [0.15, 0.2) is 168 Å². The topological polar surface area (TPSA) is 16.4 Å². The average Bonchev–Trinajstić information content (AvgIpc) is 3.72. The Morgan fingerprint density at radius 3 is 1.96 bits per heavy atom. The lowest BCUT2D eigenvalue weighted by Gasteiger charge is -2.32. The summed E-state index contributed by atoms with van der Waals surface area (Å²) >= 11 is 0. The zero-order chi connectivity index (χ0) is 34.1. The van der Waals surface area contributed by atoms with E-state index in [0.717, 1.165) is 62.6 Å². The third-order valence-electron chi connectivity index (χ3n) is 11.6. The molecular formula is C49H37NO. The number of furan rings is 1. The van der Waals surface area contributed by atoms with E-state index in [1.54, 1.807) is 0 Å². The number of anilines is 3. The van der Waals surface area contributed by atoms with Crippen LogP contribution in [-0.4, -0.2) is 0 Å². The van der Waals surface area contributed by atoms with Gasteiger partial charge in [0.05, 0.1) is 5.69 Å². The lowest BCUT2D eigenvalue weighted by atomic mass is 9.74. The molecule has 0 unspecified atom stereocenters. The largest absolute Gasteiger partial charge is 0.455 e. The smallest absolute Gasteiger partial charge is 0.143 e. The molecule has 2 heteroatoms. The number of fused-ring (bicyclic) bond motifs is 9. The Labute approximate surface area is 298 Å². The van der Waals surface area contributed by atoms with Gasteiger partial charge in [-0.05, 0) is 99.5 Å². The monoisotopic (exact) mass is 655 g/mol. The standard InChI is InChI=1S/C49H37NO/c1-3-49(4-2)44-20-9-7-16-38(44)39-28-27-35(31-45(39)49)50(34-25-23-33(24-26-34)37-18-11-14-32-13-5-6-15-36(32)37)46-21-12-19-42-40(46)29-30-43-41-17-8-10-22-47(41)51-48(42)43/h5-31H,3-4H2,1-2H3. The minimum Gasteiger partial charge on any atom is -0.455 e. The number of nitrogens with zero attached hydrogens (tertiary/aromatic N) is 1. The van der Waals surface area contributed by atoms with Gasteiger partial charge in [0.2, 0.25) is 0 Å². The van der Waals surface area contributed by atoms with Crippen LogP contribution in [0.3, 0.4) is 0 Å². The zero-order valence-electron chi connectivity index (χ0n) is 28.9. The van der Waals surface area contributed by atoms with Crippen LogP contribution >= 0.6 is 0 Å². The van der Waals surface area contributed by atoms with Crippen molar-refractivity contribution < 1.29 is 4.42 Å². The molecule has 0 radical (unpaired) electrons. The molecule has 51 heavy (non-hydrogen) atoms. The fraction of sp³-hybridized carbons (Fsp3) is 0.102. The van der Waals surface area contributed by atoms with Crippen LogP contribution in [0.5, 0.6) is 0 Å². The van der Waals surface area contributed by atoms with E-state index >= 15 is 0 Å². The van der Waals surface area contributed by atoms with Gasteiger partial charge < -0.3 is 9.32 Å². The quantitative estimate of drug-likeness (QED) is 0.177. The third-order valence-corrected chi connectivity index (χ3v) is 11.6. The second-order valence-electron chi connectivity index (χ2n) is 13.9. The number of para-hydroxylation sites is 1. The van der Waals surface area contributed by atoms with Gasteiger partial charge in [0.1, 0.15) is 11.2 Å². The summed E-state index contributed by atoms with van der Waals surface area (Å²) in [4.78, 5) is 2.45. The summed E-state index contributed by atoms with van der Waals surface area (Å²) in [5.74, 6) is 0. The second-order valence-corrected chi connectivity index (χ2v) is 13.9. The van der Waals surface area contributed by atoms with Crippen molar-refractivity contribution in [3.8, 4) is 22.3 Å². The van der Waals surface area contributed by atoms with Crippen molar-refractivity contribution in [1.29, 1.82) is 0 Å². The number of benzene rings is 8. The molecule has 0 atom stereocenters. The van der Waals surface area contributed by atoms with Crippen LogP contribution in [0, 0.1) is 0 Å². The maximum absolute atomic E-state index is 6.55. The molecule has 1 aliphatic rings. The highest BCUT2D eigenvalue weighted by Gasteiger charge is 2.40. The molecule has 0 saturated heterocycles. The minimum atomic E-state index is -0.0228. The van der Waals surface area contributed by atoms with Crippen molar-refractivity contribution in [1.82, 2.24) is 0 Å². The van der Waals surface area contributed by atoms with Crippen molar-refractivity contribution in [2.75, 3.05) is 4.90 Å². The van der Waals surface area contributed by atoms with Crippen LogP contribution in [-0.2, 0) is 5.41 Å². The fourth-order valence-electron chi connectivity index (χ4n) is 9.01. The van der Waals surface area contributed by atoms with E-state index in [1.165, 1.54) is 44.2 Å². The SMILES string of the molecule is CCC1(CC)c2ccccc2-c2ccc(N(c3ccc(-c4cccc5ccccc45)cc3)c3cccc4c3ccc3c5ccccc5oc43)cc21. The lowest BCUT2D eigenvalue weighted by molar-refractivity contribution is 0.490. The average molecular weight is 656 g/mol. The van der Waals surface area contributed by atoms with E-state index in [0.29, 0.717) is 0 Å². The molecule has 0 spiro atoms. The summed E-state index contributed by atoms with van der Waals surface area (Å²) < 4.78 is 6.55. The first-order valence-corrected chi connectivity index (χ1v) is 18.1. The normalized spacial score (nSPS) is 13.2. The highest BCUT2D eigenvalue weighted by molar-refractivity contribution is 6.17. The van der Waals surface area contributed by atoms with Crippen LogP contribution in [0.25, 0.3) is 65.7 Å². The van der Waals surface area contributed by atoms with Crippen LogP contribution < -0.4 is 4.90 Å². The summed E-state index contributed by atoms with van der Waals surface area (Å²) in [7, 11) is 0. The first-order valence-electron chi connectivity index (χ1n) is 18.1. The Hall–Kier alpha value is -6.12. The molecule has 0 bridgehead atoms. The van der Waals surface area contributed by atoms with Crippen LogP contribution in [0.1, 0.15) is 37.8 Å². The Morgan fingerprint density at radius 1 is 0.471 bits per heavy atom. The first kappa shape index (κ1) is 29.8. The van der Waals surface area contributed by atoms with E-state index in [1.807, 2.05) is 6.07 Å². The van der Waals surface area contributed by atoms with Gasteiger partial charge in [-0.15, -0.1) is 0 Å². The molecule has 10 rings (SSSR count). The lowest BCUT2D eigenvalue weighted by Crippen LogP contribution is -2.23. The molecular weight excluding hydrogens is 619 g/mol. The molecule has 0 N–H and O–H groups in total. The summed E-state index contributed by atoms with van der Waals surface area (Å²) in [6.45, 7) is 4.68. The Kier molecular flexibility index (Phi) is 6.69. The molecule has 9 aromatic rings. The highest BCUT2D eigenvalue weighted by atomic mass is 16.3. The molecule has 0 saturated carbocycles. The van der Waals surface area contributed by atoms with E-state index in [4.69, 9.17) is 4.42 Å².